The average Bonchev–Trinajstić information content (AvgIpc) is 2.56. The fraction of sp³-hybridized carbons (Fsp3) is 0.611. The van der Waals surface area contributed by atoms with Gasteiger partial charge >= 0.3 is 0 Å². The molecule has 0 saturated carbocycles. The van der Waals surface area contributed by atoms with Crippen LogP contribution in [-0.4, -0.2) is 59.6 Å². The number of aliphatic hydroxyl groups excluding tert-OH is 1. The summed E-state index contributed by atoms with van der Waals surface area (Å²) in [5.74, 6) is 0.0373. The highest BCUT2D eigenvalue weighted by Crippen LogP contribution is 2.15. The number of piperidine rings is 1. The lowest BCUT2D eigenvalue weighted by Crippen LogP contribution is -2.38. The van der Waals surface area contributed by atoms with Crippen molar-refractivity contribution in [3.8, 4) is 0 Å². The molecule has 0 radical (unpaired) electrons. The average molecular weight is 339 g/mol. The fourth-order valence-electron chi connectivity index (χ4n) is 2.94. The van der Waals surface area contributed by atoms with Crippen molar-refractivity contribution in [3.05, 3.63) is 34.9 Å². The molecule has 1 aliphatic heterocycles. The van der Waals surface area contributed by atoms with Gasteiger partial charge in [-0.1, -0.05) is 11.6 Å². The SMILES string of the molecule is CC(CCCN1CCC(O)CC1)N(C)C(=O)c1ccc(Cl)cc1. The summed E-state index contributed by atoms with van der Waals surface area (Å²) in [6.07, 6.45) is 3.69. The summed E-state index contributed by atoms with van der Waals surface area (Å²) in [5, 5.41) is 10.2. The van der Waals surface area contributed by atoms with Crippen LogP contribution in [-0.2, 0) is 0 Å². The van der Waals surface area contributed by atoms with Crippen molar-refractivity contribution in [2.45, 2.75) is 44.8 Å². The third-order valence-corrected chi connectivity index (χ3v) is 4.98. The lowest BCUT2D eigenvalue weighted by molar-refractivity contribution is 0.0708. The van der Waals surface area contributed by atoms with Crippen LogP contribution in [0.3, 0.4) is 0 Å². The molecular formula is C18H27ClN2O2. The highest BCUT2D eigenvalue weighted by atomic mass is 35.5. The Kier molecular flexibility index (Phi) is 6.88. The highest BCUT2D eigenvalue weighted by Gasteiger charge is 2.19. The molecule has 4 nitrogen and oxygen atoms in total. The molecule has 0 aromatic heterocycles. The monoisotopic (exact) mass is 338 g/mol. The summed E-state index contributed by atoms with van der Waals surface area (Å²) in [4.78, 5) is 16.7. The Morgan fingerprint density at radius 2 is 1.96 bits per heavy atom. The lowest BCUT2D eigenvalue weighted by Gasteiger charge is -2.30. The van der Waals surface area contributed by atoms with Gasteiger partial charge in [0.15, 0.2) is 0 Å². The molecule has 1 saturated heterocycles. The van der Waals surface area contributed by atoms with Crippen LogP contribution in [0.5, 0.6) is 0 Å². The first-order valence-corrected chi connectivity index (χ1v) is 8.78. The Labute approximate surface area is 144 Å². The molecule has 0 bridgehead atoms. The van der Waals surface area contributed by atoms with E-state index in [2.05, 4.69) is 11.8 Å². The van der Waals surface area contributed by atoms with E-state index in [1.807, 2.05) is 11.9 Å². The maximum Gasteiger partial charge on any atom is 0.253 e. The quantitative estimate of drug-likeness (QED) is 0.867. The van der Waals surface area contributed by atoms with Crippen LogP contribution in [0.25, 0.3) is 0 Å². The Morgan fingerprint density at radius 1 is 1.35 bits per heavy atom. The predicted molar refractivity (Wildman–Crippen MR) is 93.9 cm³/mol. The second-order valence-corrected chi connectivity index (χ2v) is 6.92. The zero-order valence-corrected chi connectivity index (χ0v) is 14.8. The van der Waals surface area contributed by atoms with Crippen molar-refractivity contribution < 1.29 is 9.90 Å². The van der Waals surface area contributed by atoms with Crippen LogP contribution < -0.4 is 0 Å². The van der Waals surface area contributed by atoms with E-state index in [4.69, 9.17) is 11.6 Å². The van der Waals surface area contributed by atoms with Crippen LogP contribution in [0.15, 0.2) is 24.3 Å². The van der Waals surface area contributed by atoms with Crippen molar-refractivity contribution in [1.29, 1.82) is 0 Å². The van der Waals surface area contributed by atoms with Crippen molar-refractivity contribution in [2.24, 2.45) is 0 Å². The largest absolute Gasteiger partial charge is 0.393 e. The molecule has 1 heterocycles. The molecule has 1 fully saturated rings. The van der Waals surface area contributed by atoms with Gasteiger partial charge in [0.25, 0.3) is 5.91 Å². The minimum absolute atomic E-state index is 0.0373. The van der Waals surface area contributed by atoms with Gasteiger partial charge in [-0.25, -0.2) is 0 Å². The smallest absolute Gasteiger partial charge is 0.253 e. The molecule has 1 atom stereocenters. The number of benzene rings is 1. The molecule has 1 N–H and O–H groups in total. The van der Waals surface area contributed by atoms with Gasteiger partial charge in [-0.2, -0.15) is 0 Å². The third kappa shape index (κ3) is 5.48. The number of likely N-dealkylation sites (tertiary alicyclic amines) is 1. The van der Waals surface area contributed by atoms with E-state index >= 15 is 0 Å². The van der Waals surface area contributed by atoms with Gasteiger partial charge in [0.1, 0.15) is 0 Å². The Hall–Kier alpha value is -1.10. The summed E-state index contributed by atoms with van der Waals surface area (Å²) < 4.78 is 0. The number of carbonyl (C=O) groups excluding carboxylic acids is 1. The number of rotatable bonds is 6. The van der Waals surface area contributed by atoms with Crippen LogP contribution in [0.2, 0.25) is 5.02 Å². The first kappa shape index (κ1) is 18.2. The first-order chi connectivity index (χ1) is 11.0. The number of halogens is 1. The molecular weight excluding hydrogens is 312 g/mol. The number of hydrogen-bond donors (Lipinski definition) is 1. The van der Waals surface area contributed by atoms with Gasteiger partial charge < -0.3 is 14.9 Å². The van der Waals surface area contributed by atoms with E-state index in [1.54, 1.807) is 24.3 Å². The maximum absolute atomic E-state index is 12.4. The van der Waals surface area contributed by atoms with Gasteiger partial charge in [0, 0.05) is 36.8 Å². The van der Waals surface area contributed by atoms with Gasteiger partial charge in [0.2, 0.25) is 0 Å². The maximum atomic E-state index is 12.4. The minimum atomic E-state index is -0.117. The predicted octanol–water partition coefficient (Wildman–Crippen LogP) is 3.04. The molecule has 2 rings (SSSR count). The highest BCUT2D eigenvalue weighted by molar-refractivity contribution is 6.30. The molecule has 0 aliphatic carbocycles. The summed E-state index contributed by atoms with van der Waals surface area (Å²) in [5.41, 5.74) is 0.675. The summed E-state index contributed by atoms with van der Waals surface area (Å²) in [6, 6.07) is 7.24. The molecule has 1 aliphatic rings. The van der Waals surface area contributed by atoms with E-state index in [9.17, 15) is 9.90 Å². The number of aliphatic hydroxyl groups is 1. The van der Waals surface area contributed by atoms with Crippen LogP contribution in [0, 0.1) is 0 Å². The number of nitrogens with zero attached hydrogens (tertiary/aromatic N) is 2. The van der Waals surface area contributed by atoms with E-state index in [0.717, 1.165) is 45.3 Å². The van der Waals surface area contributed by atoms with Crippen LogP contribution in [0.1, 0.15) is 43.0 Å². The Bertz CT molecular complexity index is 498. The van der Waals surface area contributed by atoms with Crippen molar-refractivity contribution in [3.63, 3.8) is 0 Å². The second kappa shape index (κ2) is 8.67. The van der Waals surface area contributed by atoms with Crippen molar-refractivity contribution in [2.75, 3.05) is 26.7 Å². The molecule has 1 amide bonds. The minimum Gasteiger partial charge on any atom is -0.393 e. The lowest BCUT2D eigenvalue weighted by atomic mass is 10.1. The van der Waals surface area contributed by atoms with Gasteiger partial charge in [-0.3, -0.25) is 4.79 Å². The van der Waals surface area contributed by atoms with Crippen LogP contribution >= 0.6 is 11.6 Å². The van der Waals surface area contributed by atoms with Gasteiger partial charge in [-0.15, -0.1) is 0 Å². The number of amides is 1. The summed E-state index contributed by atoms with van der Waals surface area (Å²) in [6.45, 7) is 5.10. The number of hydrogen-bond acceptors (Lipinski definition) is 3. The van der Waals surface area contributed by atoms with E-state index < -0.39 is 0 Å². The molecule has 1 aromatic carbocycles. The first-order valence-electron chi connectivity index (χ1n) is 8.40. The normalized spacial score (nSPS) is 17.9. The van der Waals surface area contributed by atoms with Crippen LogP contribution in [0.4, 0.5) is 0 Å². The molecule has 1 aromatic rings. The van der Waals surface area contributed by atoms with Gasteiger partial charge in [0.05, 0.1) is 6.10 Å². The van der Waals surface area contributed by atoms with Crippen molar-refractivity contribution >= 4 is 17.5 Å². The standard InChI is InChI=1S/C18H27ClN2O2/c1-14(4-3-11-21-12-9-17(22)10-13-21)20(2)18(23)15-5-7-16(19)8-6-15/h5-8,14,17,22H,3-4,9-13H2,1-2H3. The third-order valence-electron chi connectivity index (χ3n) is 4.73. The van der Waals surface area contributed by atoms with E-state index in [1.165, 1.54) is 0 Å². The van der Waals surface area contributed by atoms with E-state index in [0.29, 0.717) is 10.6 Å². The molecule has 128 valence electrons. The molecule has 1 unspecified atom stereocenters. The van der Waals surface area contributed by atoms with Crippen molar-refractivity contribution in [1.82, 2.24) is 9.80 Å². The Balaban J connectivity index is 1.75. The molecule has 5 heteroatoms. The molecule has 23 heavy (non-hydrogen) atoms. The second-order valence-electron chi connectivity index (χ2n) is 6.49. The number of carbonyl (C=O) groups is 1. The summed E-state index contributed by atoms with van der Waals surface area (Å²) in [7, 11) is 1.86. The molecule has 0 spiro atoms. The van der Waals surface area contributed by atoms with E-state index in [-0.39, 0.29) is 18.1 Å². The zero-order valence-electron chi connectivity index (χ0n) is 14.0. The fourth-order valence-corrected chi connectivity index (χ4v) is 3.07. The zero-order chi connectivity index (χ0) is 16.8. The Morgan fingerprint density at radius 3 is 2.57 bits per heavy atom. The topological polar surface area (TPSA) is 43.8 Å². The summed E-state index contributed by atoms with van der Waals surface area (Å²) >= 11 is 5.86. The van der Waals surface area contributed by atoms with Gasteiger partial charge in [-0.05, 0) is 63.4 Å².